The molecule has 3 unspecified atom stereocenters. The van der Waals surface area contributed by atoms with Crippen molar-refractivity contribution in [3.63, 3.8) is 0 Å². The molecule has 2 amide bonds. The number of piperidine rings is 1. The van der Waals surface area contributed by atoms with Crippen LogP contribution in [0.15, 0.2) is 22.8 Å². The Labute approximate surface area is 143 Å². The van der Waals surface area contributed by atoms with Crippen LogP contribution in [-0.2, 0) is 0 Å². The number of nitrogens with zero attached hydrogens (tertiary/aromatic N) is 1. The number of urea groups is 1. The van der Waals surface area contributed by atoms with E-state index >= 15 is 0 Å². The van der Waals surface area contributed by atoms with Crippen LogP contribution in [-0.4, -0.2) is 47.3 Å². The van der Waals surface area contributed by atoms with Crippen molar-refractivity contribution in [3.05, 3.63) is 24.2 Å². The molecule has 24 heavy (non-hydrogen) atoms. The average Bonchev–Trinajstić information content (AvgIpc) is 3.11. The molecule has 2 aliphatic rings. The topological polar surface area (TPSA) is 77.7 Å². The Hall–Kier alpha value is -1.53. The number of rotatable bonds is 4. The third kappa shape index (κ3) is 4.30. The Morgan fingerprint density at radius 3 is 2.71 bits per heavy atom. The van der Waals surface area contributed by atoms with Gasteiger partial charge in [-0.1, -0.05) is 12.8 Å². The molecule has 6 heteroatoms. The quantitative estimate of drug-likeness (QED) is 0.790. The van der Waals surface area contributed by atoms with Crippen LogP contribution in [0.1, 0.15) is 57.3 Å². The summed E-state index contributed by atoms with van der Waals surface area (Å²) in [5, 5.41) is 16.2. The van der Waals surface area contributed by atoms with Crippen molar-refractivity contribution in [2.45, 2.75) is 69.7 Å². The van der Waals surface area contributed by atoms with Gasteiger partial charge in [0, 0.05) is 25.2 Å². The van der Waals surface area contributed by atoms with Crippen molar-refractivity contribution in [2.75, 3.05) is 13.1 Å². The van der Waals surface area contributed by atoms with E-state index in [0.717, 1.165) is 51.0 Å². The lowest BCUT2D eigenvalue weighted by Crippen LogP contribution is -2.53. The van der Waals surface area contributed by atoms with E-state index in [0.29, 0.717) is 6.04 Å². The second kappa shape index (κ2) is 8.03. The summed E-state index contributed by atoms with van der Waals surface area (Å²) in [6.45, 7) is 3.80. The van der Waals surface area contributed by atoms with Gasteiger partial charge in [0.05, 0.1) is 18.4 Å². The zero-order chi connectivity index (χ0) is 16.9. The Morgan fingerprint density at radius 1 is 1.29 bits per heavy atom. The van der Waals surface area contributed by atoms with Gasteiger partial charge >= 0.3 is 6.03 Å². The number of hydrogen-bond acceptors (Lipinski definition) is 4. The molecular formula is C18H29N3O3. The predicted octanol–water partition coefficient (Wildman–Crippen LogP) is 2.41. The number of carbonyl (C=O) groups is 1. The van der Waals surface area contributed by atoms with Crippen molar-refractivity contribution in [3.8, 4) is 0 Å². The van der Waals surface area contributed by atoms with Crippen LogP contribution in [0.2, 0.25) is 0 Å². The highest BCUT2D eigenvalue weighted by Gasteiger charge is 2.31. The van der Waals surface area contributed by atoms with E-state index in [-0.39, 0.29) is 24.2 Å². The van der Waals surface area contributed by atoms with Crippen LogP contribution < -0.4 is 10.6 Å². The lowest BCUT2D eigenvalue weighted by Gasteiger charge is -2.41. The van der Waals surface area contributed by atoms with Crippen molar-refractivity contribution in [1.29, 1.82) is 0 Å². The molecule has 1 aliphatic carbocycles. The number of nitrogens with one attached hydrogen (secondary N) is 2. The van der Waals surface area contributed by atoms with Gasteiger partial charge in [-0.05, 0) is 44.7 Å². The number of aliphatic hydroxyl groups excluding tert-OH is 1. The molecule has 134 valence electrons. The molecule has 0 bridgehead atoms. The first-order valence-corrected chi connectivity index (χ1v) is 9.16. The second-order valence-corrected chi connectivity index (χ2v) is 7.08. The molecule has 1 aromatic heterocycles. The SMILES string of the molecule is CC(NC(=O)NC1CCN(C2CCCCC2O)CC1)c1ccco1. The fourth-order valence-electron chi connectivity index (χ4n) is 3.93. The summed E-state index contributed by atoms with van der Waals surface area (Å²) in [5.41, 5.74) is 0. The van der Waals surface area contributed by atoms with Crippen LogP contribution >= 0.6 is 0 Å². The highest BCUT2D eigenvalue weighted by Crippen LogP contribution is 2.25. The zero-order valence-electron chi connectivity index (χ0n) is 14.4. The molecule has 1 aliphatic heterocycles. The van der Waals surface area contributed by atoms with Crippen molar-refractivity contribution >= 4 is 6.03 Å². The molecule has 1 saturated carbocycles. The van der Waals surface area contributed by atoms with Crippen LogP contribution in [0.4, 0.5) is 4.79 Å². The van der Waals surface area contributed by atoms with E-state index in [1.807, 2.05) is 19.1 Å². The third-order valence-corrected chi connectivity index (χ3v) is 5.35. The molecule has 1 saturated heterocycles. The number of amides is 2. The van der Waals surface area contributed by atoms with Crippen molar-refractivity contribution in [1.82, 2.24) is 15.5 Å². The van der Waals surface area contributed by atoms with Crippen molar-refractivity contribution < 1.29 is 14.3 Å². The van der Waals surface area contributed by atoms with Gasteiger partial charge in [-0.15, -0.1) is 0 Å². The molecule has 3 rings (SSSR count). The summed E-state index contributed by atoms with van der Waals surface area (Å²) in [5.74, 6) is 0.756. The fraction of sp³-hybridized carbons (Fsp3) is 0.722. The molecule has 0 aromatic carbocycles. The van der Waals surface area contributed by atoms with Crippen LogP contribution in [0.5, 0.6) is 0 Å². The number of furan rings is 1. The first kappa shape index (κ1) is 17.3. The molecule has 6 nitrogen and oxygen atoms in total. The third-order valence-electron chi connectivity index (χ3n) is 5.35. The first-order chi connectivity index (χ1) is 11.6. The van der Waals surface area contributed by atoms with Gasteiger partial charge in [-0.2, -0.15) is 0 Å². The van der Waals surface area contributed by atoms with Crippen LogP contribution in [0.25, 0.3) is 0 Å². The Bertz CT molecular complexity index is 512. The van der Waals surface area contributed by atoms with Crippen LogP contribution in [0.3, 0.4) is 0 Å². The van der Waals surface area contributed by atoms with Gasteiger partial charge in [0.25, 0.3) is 0 Å². The molecule has 3 atom stereocenters. The number of carbonyl (C=O) groups excluding carboxylic acids is 1. The minimum Gasteiger partial charge on any atom is -0.467 e. The smallest absolute Gasteiger partial charge is 0.315 e. The van der Waals surface area contributed by atoms with Gasteiger partial charge < -0.3 is 20.2 Å². The van der Waals surface area contributed by atoms with Gasteiger partial charge in [-0.25, -0.2) is 4.79 Å². The van der Waals surface area contributed by atoms with E-state index in [1.165, 1.54) is 6.42 Å². The van der Waals surface area contributed by atoms with E-state index < -0.39 is 0 Å². The Kier molecular flexibility index (Phi) is 5.79. The molecule has 1 aromatic rings. The van der Waals surface area contributed by atoms with Gasteiger partial charge in [0.15, 0.2) is 0 Å². The minimum absolute atomic E-state index is 0.141. The highest BCUT2D eigenvalue weighted by atomic mass is 16.3. The number of aliphatic hydroxyl groups is 1. The van der Waals surface area contributed by atoms with Gasteiger partial charge in [0.2, 0.25) is 0 Å². The molecule has 0 radical (unpaired) electrons. The van der Waals surface area contributed by atoms with E-state index in [4.69, 9.17) is 4.42 Å². The monoisotopic (exact) mass is 335 g/mol. The minimum atomic E-state index is -0.180. The molecule has 2 fully saturated rings. The van der Waals surface area contributed by atoms with E-state index in [2.05, 4.69) is 15.5 Å². The fourth-order valence-corrected chi connectivity index (χ4v) is 3.93. The molecule has 3 N–H and O–H groups in total. The standard InChI is InChI=1S/C18H29N3O3/c1-13(17-7-4-12-24-17)19-18(23)20-14-8-10-21(11-9-14)15-5-2-3-6-16(15)22/h4,7,12-16,22H,2-3,5-6,8-11H2,1H3,(H2,19,20,23). The molecular weight excluding hydrogens is 306 g/mol. The maximum Gasteiger partial charge on any atom is 0.315 e. The number of hydrogen-bond donors (Lipinski definition) is 3. The summed E-state index contributed by atoms with van der Waals surface area (Å²) in [4.78, 5) is 14.5. The normalized spacial score (nSPS) is 27.6. The van der Waals surface area contributed by atoms with Crippen molar-refractivity contribution in [2.24, 2.45) is 0 Å². The highest BCUT2D eigenvalue weighted by molar-refractivity contribution is 5.74. The summed E-state index contributed by atoms with van der Waals surface area (Å²) in [6, 6.07) is 3.91. The Morgan fingerprint density at radius 2 is 2.04 bits per heavy atom. The first-order valence-electron chi connectivity index (χ1n) is 9.16. The van der Waals surface area contributed by atoms with Crippen LogP contribution in [0, 0.1) is 0 Å². The summed E-state index contributed by atoms with van der Waals surface area (Å²) in [6.07, 6.45) is 7.69. The van der Waals surface area contributed by atoms with E-state index in [9.17, 15) is 9.90 Å². The predicted molar refractivity (Wildman–Crippen MR) is 91.6 cm³/mol. The Balaban J connectivity index is 1.41. The van der Waals surface area contributed by atoms with Gasteiger partial charge in [-0.3, -0.25) is 4.90 Å². The second-order valence-electron chi connectivity index (χ2n) is 7.08. The lowest BCUT2D eigenvalue weighted by molar-refractivity contribution is 0.00775. The lowest BCUT2D eigenvalue weighted by atomic mass is 9.89. The maximum atomic E-state index is 12.1. The molecule has 0 spiro atoms. The summed E-state index contributed by atoms with van der Waals surface area (Å²) >= 11 is 0. The summed E-state index contributed by atoms with van der Waals surface area (Å²) in [7, 11) is 0. The molecule has 2 heterocycles. The van der Waals surface area contributed by atoms with Gasteiger partial charge in [0.1, 0.15) is 5.76 Å². The average molecular weight is 335 g/mol. The zero-order valence-corrected chi connectivity index (χ0v) is 14.4. The van der Waals surface area contributed by atoms with E-state index in [1.54, 1.807) is 6.26 Å². The maximum absolute atomic E-state index is 12.1. The number of likely N-dealkylation sites (tertiary alicyclic amines) is 1. The summed E-state index contributed by atoms with van der Waals surface area (Å²) < 4.78 is 5.30. The largest absolute Gasteiger partial charge is 0.467 e.